The van der Waals surface area contributed by atoms with Gasteiger partial charge in [0.1, 0.15) is 5.75 Å². The van der Waals surface area contributed by atoms with Crippen LogP contribution in [0.2, 0.25) is 0 Å². The Labute approximate surface area is 183 Å². The molecule has 31 heavy (non-hydrogen) atoms. The van der Waals surface area contributed by atoms with Crippen molar-refractivity contribution in [2.45, 2.75) is 0 Å². The van der Waals surface area contributed by atoms with Crippen molar-refractivity contribution >= 4 is 38.3 Å². The number of ether oxygens (including phenoxy) is 1. The van der Waals surface area contributed by atoms with E-state index in [9.17, 15) is 14.9 Å². The molecule has 162 valence electrons. The van der Waals surface area contributed by atoms with Gasteiger partial charge in [0.15, 0.2) is 5.13 Å². The minimum atomic E-state index is -0.480. The molecule has 3 aromatic rings. The zero-order chi connectivity index (χ0) is 21.8. The number of carbonyl (C=O) groups is 1. The number of nitro benzene ring substituents is 1. The number of rotatable bonds is 7. The quantitative estimate of drug-likeness (QED) is 0.444. The Morgan fingerprint density at radius 2 is 1.94 bits per heavy atom. The van der Waals surface area contributed by atoms with Gasteiger partial charge in [0.25, 0.3) is 11.6 Å². The Hall–Kier alpha value is -3.24. The SMILES string of the molecule is COc1ccc2nc(N3CCN(CCNC(=O)c4ccc([N+](=O)[O-])cc4)CC3)sc2c1. The third-order valence-electron chi connectivity index (χ3n) is 5.28. The maximum atomic E-state index is 12.2. The molecule has 10 heteroatoms. The number of aromatic nitrogens is 1. The van der Waals surface area contributed by atoms with Crippen molar-refractivity contribution in [3.63, 3.8) is 0 Å². The van der Waals surface area contributed by atoms with Crippen molar-refractivity contribution in [2.24, 2.45) is 0 Å². The molecule has 1 aliphatic heterocycles. The molecular weight excluding hydrogens is 418 g/mol. The largest absolute Gasteiger partial charge is 0.497 e. The number of piperazine rings is 1. The van der Waals surface area contributed by atoms with Gasteiger partial charge in [-0.05, 0) is 30.3 Å². The lowest BCUT2D eigenvalue weighted by Gasteiger charge is -2.34. The fourth-order valence-electron chi connectivity index (χ4n) is 3.48. The first-order valence-corrected chi connectivity index (χ1v) is 10.8. The van der Waals surface area contributed by atoms with E-state index in [1.165, 1.54) is 24.3 Å². The molecule has 1 amide bonds. The van der Waals surface area contributed by atoms with E-state index in [1.807, 2.05) is 18.2 Å². The number of nitrogens with one attached hydrogen (secondary N) is 1. The van der Waals surface area contributed by atoms with Gasteiger partial charge in [-0.15, -0.1) is 0 Å². The summed E-state index contributed by atoms with van der Waals surface area (Å²) in [5.41, 5.74) is 1.38. The predicted molar refractivity (Wildman–Crippen MR) is 120 cm³/mol. The number of nitro groups is 1. The zero-order valence-corrected chi connectivity index (χ0v) is 17.9. The molecule has 9 nitrogen and oxygen atoms in total. The van der Waals surface area contributed by atoms with E-state index in [-0.39, 0.29) is 11.6 Å². The number of amides is 1. The van der Waals surface area contributed by atoms with Gasteiger partial charge >= 0.3 is 0 Å². The molecule has 1 aromatic heterocycles. The predicted octanol–water partition coefficient (Wildman–Crippen LogP) is 2.77. The van der Waals surface area contributed by atoms with Crippen molar-refractivity contribution in [1.82, 2.24) is 15.2 Å². The van der Waals surface area contributed by atoms with Crippen LogP contribution < -0.4 is 15.0 Å². The van der Waals surface area contributed by atoms with Crippen LogP contribution >= 0.6 is 11.3 Å². The van der Waals surface area contributed by atoms with Crippen molar-refractivity contribution in [3.8, 4) is 5.75 Å². The van der Waals surface area contributed by atoms with Crippen LogP contribution in [0.15, 0.2) is 42.5 Å². The number of methoxy groups -OCH3 is 1. The van der Waals surface area contributed by atoms with Crippen LogP contribution in [0.4, 0.5) is 10.8 Å². The maximum absolute atomic E-state index is 12.2. The second-order valence-corrected chi connectivity index (χ2v) is 8.23. The summed E-state index contributed by atoms with van der Waals surface area (Å²) in [6, 6.07) is 11.5. The van der Waals surface area contributed by atoms with Crippen molar-refractivity contribution in [1.29, 1.82) is 0 Å². The van der Waals surface area contributed by atoms with E-state index < -0.39 is 4.92 Å². The molecule has 1 aliphatic rings. The monoisotopic (exact) mass is 441 g/mol. The molecule has 0 radical (unpaired) electrons. The summed E-state index contributed by atoms with van der Waals surface area (Å²) in [6.07, 6.45) is 0. The summed E-state index contributed by atoms with van der Waals surface area (Å²) in [7, 11) is 1.66. The van der Waals surface area contributed by atoms with Gasteiger partial charge in [-0.2, -0.15) is 0 Å². The summed E-state index contributed by atoms with van der Waals surface area (Å²) in [5, 5.41) is 14.6. The highest BCUT2D eigenvalue weighted by Gasteiger charge is 2.20. The molecule has 0 unspecified atom stereocenters. The lowest BCUT2D eigenvalue weighted by Crippen LogP contribution is -2.48. The Bertz CT molecular complexity index is 1080. The van der Waals surface area contributed by atoms with Crippen LogP contribution in [-0.4, -0.2) is 67.1 Å². The number of fused-ring (bicyclic) bond motifs is 1. The normalized spacial score (nSPS) is 14.5. The topological polar surface area (TPSA) is 101 Å². The lowest BCUT2D eigenvalue weighted by molar-refractivity contribution is -0.384. The number of thiazole rings is 1. The first-order valence-electron chi connectivity index (χ1n) is 9.98. The standard InChI is InChI=1S/C21H23N5O4S/c1-30-17-6-7-18-19(14-17)31-21(23-18)25-12-10-24(11-13-25)9-8-22-20(27)15-2-4-16(5-3-15)26(28)29/h2-7,14H,8-13H2,1H3,(H,22,27). The molecule has 0 bridgehead atoms. The number of non-ortho nitro benzene ring substituents is 1. The van der Waals surface area contributed by atoms with Crippen molar-refractivity contribution < 1.29 is 14.5 Å². The van der Waals surface area contributed by atoms with Crippen LogP contribution in [0.25, 0.3) is 10.2 Å². The van der Waals surface area contributed by atoms with Gasteiger partial charge < -0.3 is 15.0 Å². The first kappa shape index (κ1) is 21.0. The molecular formula is C21H23N5O4S. The zero-order valence-electron chi connectivity index (χ0n) is 17.1. The summed E-state index contributed by atoms with van der Waals surface area (Å²) >= 11 is 1.67. The van der Waals surface area contributed by atoms with Gasteiger partial charge in [0, 0.05) is 57.0 Å². The smallest absolute Gasteiger partial charge is 0.269 e. The molecule has 2 aromatic carbocycles. The average molecular weight is 442 g/mol. The van der Waals surface area contributed by atoms with Crippen molar-refractivity contribution in [3.05, 3.63) is 58.1 Å². The molecule has 0 spiro atoms. The third kappa shape index (κ3) is 4.92. The number of nitrogens with zero attached hydrogens (tertiary/aromatic N) is 4. The fourth-order valence-corrected chi connectivity index (χ4v) is 4.53. The van der Waals surface area contributed by atoms with E-state index >= 15 is 0 Å². The number of anilines is 1. The molecule has 0 aliphatic carbocycles. The number of benzene rings is 2. The molecule has 1 N–H and O–H groups in total. The minimum Gasteiger partial charge on any atom is -0.497 e. The van der Waals surface area contributed by atoms with Gasteiger partial charge in [-0.3, -0.25) is 19.8 Å². The summed E-state index contributed by atoms with van der Waals surface area (Å²) in [5.74, 6) is 0.613. The molecule has 1 saturated heterocycles. The number of carbonyl (C=O) groups excluding carboxylic acids is 1. The Balaban J connectivity index is 1.24. The second-order valence-electron chi connectivity index (χ2n) is 7.22. The van der Waals surface area contributed by atoms with Gasteiger partial charge in [-0.1, -0.05) is 11.3 Å². The van der Waals surface area contributed by atoms with Crippen LogP contribution in [0, 0.1) is 10.1 Å². The minimum absolute atomic E-state index is 0.0262. The van der Waals surface area contributed by atoms with Crippen LogP contribution in [0.3, 0.4) is 0 Å². The average Bonchev–Trinajstić information content (AvgIpc) is 3.22. The lowest BCUT2D eigenvalue weighted by atomic mass is 10.2. The van der Waals surface area contributed by atoms with Gasteiger partial charge in [0.05, 0.1) is 22.2 Å². The van der Waals surface area contributed by atoms with Crippen LogP contribution in [0.5, 0.6) is 5.75 Å². The Kier molecular flexibility index (Phi) is 6.28. The summed E-state index contributed by atoms with van der Waals surface area (Å²) < 4.78 is 6.41. The second kappa shape index (κ2) is 9.27. The van der Waals surface area contributed by atoms with Gasteiger partial charge in [0.2, 0.25) is 0 Å². The van der Waals surface area contributed by atoms with E-state index in [0.29, 0.717) is 12.1 Å². The van der Waals surface area contributed by atoms with E-state index in [4.69, 9.17) is 9.72 Å². The van der Waals surface area contributed by atoms with E-state index in [1.54, 1.807) is 18.4 Å². The Morgan fingerprint density at radius 1 is 1.19 bits per heavy atom. The highest BCUT2D eigenvalue weighted by Crippen LogP contribution is 2.31. The van der Waals surface area contributed by atoms with E-state index in [0.717, 1.165) is 53.8 Å². The highest BCUT2D eigenvalue weighted by atomic mass is 32.1. The highest BCUT2D eigenvalue weighted by molar-refractivity contribution is 7.22. The number of hydrogen-bond donors (Lipinski definition) is 1. The van der Waals surface area contributed by atoms with Crippen molar-refractivity contribution in [2.75, 3.05) is 51.3 Å². The summed E-state index contributed by atoms with van der Waals surface area (Å²) in [4.78, 5) is 31.8. The Morgan fingerprint density at radius 3 is 2.61 bits per heavy atom. The number of hydrogen-bond acceptors (Lipinski definition) is 8. The molecule has 2 heterocycles. The van der Waals surface area contributed by atoms with Crippen LogP contribution in [0.1, 0.15) is 10.4 Å². The molecule has 4 rings (SSSR count). The fraction of sp³-hybridized carbons (Fsp3) is 0.333. The van der Waals surface area contributed by atoms with Crippen LogP contribution in [-0.2, 0) is 0 Å². The molecule has 0 atom stereocenters. The summed E-state index contributed by atoms with van der Waals surface area (Å²) in [6.45, 7) is 4.83. The first-order chi connectivity index (χ1) is 15.0. The molecule has 0 saturated carbocycles. The van der Waals surface area contributed by atoms with E-state index in [2.05, 4.69) is 15.1 Å². The maximum Gasteiger partial charge on any atom is 0.269 e. The van der Waals surface area contributed by atoms with Gasteiger partial charge in [-0.25, -0.2) is 4.98 Å². The molecule has 1 fully saturated rings. The third-order valence-corrected chi connectivity index (χ3v) is 6.36.